The van der Waals surface area contributed by atoms with Crippen molar-refractivity contribution in [3.63, 3.8) is 0 Å². The van der Waals surface area contributed by atoms with E-state index in [0.717, 1.165) is 17.1 Å². The van der Waals surface area contributed by atoms with Gasteiger partial charge < -0.3 is 14.7 Å². The van der Waals surface area contributed by atoms with Crippen molar-refractivity contribution in [1.29, 1.82) is 0 Å². The average Bonchev–Trinajstić information content (AvgIpc) is 3.03. The van der Waals surface area contributed by atoms with Crippen LogP contribution in [0.3, 0.4) is 0 Å². The van der Waals surface area contributed by atoms with Gasteiger partial charge in [-0.1, -0.05) is 18.2 Å². The van der Waals surface area contributed by atoms with Gasteiger partial charge in [0.15, 0.2) is 0 Å². The van der Waals surface area contributed by atoms with Crippen LogP contribution in [0.1, 0.15) is 90.1 Å². The molecule has 0 unspecified atom stereocenters. The average molecular weight is 588 g/mol. The summed E-state index contributed by atoms with van der Waals surface area (Å²) < 4.78 is 0. The molecular weight excluding hydrogens is 542 g/mol. The first-order chi connectivity index (χ1) is 20.8. The van der Waals surface area contributed by atoms with E-state index < -0.39 is 0 Å². The molecule has 10 heteroatoms. The highest BCUT2D eigenvalue weighted by Crippen LogP contribution is 2.15. The monoisotopic (exact) mass is 587 g/mol. The van der Waals surface area contributed by atoms with E-state index in [1.807, 2.05) is 77.9 Å². The summed E-state index contributed by atoms with van der Waals surface area (Å²) >= 11 is 0. The van der Waals surface area contributed by atoms with Crippen molar-refractivity contribution < 1.29 is 14.4 Å². The van der Waals surface area contributed by atoms with Crippen molar-refractivity contribution in [2.45, 2.75) is 61.2 Å². The van der Waals surface area contributed by atoms with Gasteiger partial charge in [-0.2, -0.15) is 0 Å². The number of amides is 3. The van der Waals surface area contributed by atoms with Crippen LogP contribution in [0.25, 0.3) is 0 Å². The maximum Gasteiger partial charge on any atom is 0.272 e. The quantitative estimate of drug-likeness (QED) is 0.258. The maximum atomic E-state index is 13.0. The van der Waals surface area contributed by atoms with E-state index in [0.29, 0.717) is 76.0 Å². The second kappa shape index (κ2) is 16.5. The summed E-state index contributed by atoms with van der Waals surface area (Å²) in [5, 5.41) is 0. The van der Waals surface area contributed by atoms with Crippen molar-refractivity contribution in [2.24, 2.45) is 0 Å². The minimum atomic E-state index is -0.105. The van der Waals surface area contributed by atoms with E-state index in [9.17, 15) is 14.4 Å². The Balaban J connectivity index is 1.94. The number of hydrogen-bond donors (Lipinski definition) is 0. The van der Waals surface area contributed by atoms with Crippen molar-refractivity contribution in [2.75, 3.05) is 39.3 Å². The van der Waals surface area contributed by atoms with Gasteiger partial charge in [0.2, 0.25) is 0 Å². The van der Waals surface area contributed by atoms with Crippen LogP contribution in [-0.4, -0.2) is 91.5 Å². The zero-order chi connectivity index (χ0) is 31.4. The molecule has 3 aromatic rings. The maximum absolute atomic E-state index is 13.0. The van der Waals surface area contributed by atoms with Crippen LogP contribution >= 0.6 is 0 Å². The first-order valence-electron chi connectivity index (χ1n) is 15.3. The zero-order valence-corrected chi connectivity index (χ0v) is 26.4. The number of hydrogen-bond acceptors (Lipinski definition) is 7. The van der Waals surface area contributed by atoms with Gasteiger partial charge in [-0.05, 0) is 77.9 Å². The molecule has 0 atom stereocenters. The largest absolute Gasteiger partial charge is 0.338 e. The summed E-state index contributed by atoms with van der Waals surface area (Å²) in [5.74, 6) is -0.314. The van der Waals surface area contributed by atoms with Gasteiger partial charge in [-0.3, -0.25) is 19.3 Å². The Labute approximate surface area is 255 Å². The second-order valence-electron chi connectivity index (χ2n) is 10.1. The third kappa shape index (κ3) is 8.90. The molecular formula is C33H45N7O3. The van der Waals surface area contributed by atoms with Crippen LogP contribution in [-0.2, 0) is 19.6 Å². The molecule has 0 aliphatic heterocycles. The number of pyridine rings is 3. The molecule has 0 saturated carbocycles. The fourth-order valence-electron chi connectivity index (χ4n) is 4.93. The Hall–Kier alpha value is -4.18. The molecule has 43 heavy (non-hydrogen) atoms. The van der Waals surface area contributed by atoms with Gasteiger partial charge >= 0.3 is 0 Å². The van der Waals surface area contributed by atoms with Crippen LogP contribution in [0, 0.1) is 0 Å². The predicted molar refractivity (Wildman–Crippen MR) is 167 cm³/mol. The molecule has 0 aliphatic rings. The minimum Gasteiger partial charge on any atom is -0.338 e. The molecule has 0 bridgehead atoms. The highest BCUT2D eigenvalue weighted by molar-refractivity contribution is 5.93. The third-order valence-corrected chi connectivity index (χ3v) is 7.39. The number of aromatic nitrogens is 3. The Bertz CT molecular complexity index is 1200. The standard InChI is InChI=1S/C33H45N7O3/c1-7-38(8-2)31(41)28-19-13-16-25(34-28)22-37(23-26-17-14-20-29(35-26)32(42)39(9-3)10-4)24-27-18-15-21-30(36-27)33(43)40(11-5)12-6/h13-21H,7-12,22-24H2,1-6H3. The van der Waals surface area contributed by atoms with E-state index in [2.05, 4.69) is 4.90 Å². The molecule has 3 amide bonds. The predicted octanol–water partition coefficient (Wildman–Crippen LogP) is 4.52. The fourth-order valence-corrected chi connectivity index (χ4v) is 4.93. The normalized spacial score (nSPS) is 11.0. The van der Waals surface area contributed by atoms with Gasteiger partial charge in [0.25, 0.3) is 17.7 Å². The van der Waals surface area contributed by atoms with Gasteiger partial charge in [0, 0.05) is 58.9 Å². The van der Waals surface area contributed by atoms with Crippen molar-refractivity contribution in [3.8, 4) is 0 Å². The lowest BCUT2D eigenvalue weighted by Crippen LogP contribution is -2.32. The highest BCUT2D eigenvalue weighted by atomic mass is 16.2. The van der Waals surface area contributed by atoms with E-state index in [1.165, 1.54) is 0 Å². The molecule has 0 fully saturated rings. The van der Waals surface area contributed by atoms with Crippen molar-refractivity contribution in [3.05, 3.63) is 88.8 Å². The molecule has 10 nitrogen and oxygen atoms in total. The number of carbonyl (C=O) groups excluding carboxylic acids is 3. The molecule has 0 N–H and O–H groups in total. The van der Waals surface area contributed by atoms with Crippen LogP contribution in [0.2, 0.25) is 0 Å². The SMILES string of the molecule is CCN(CC)C(=O)c1cccc(CN(Cc2cccc(C(=O)N(CC)CC)n2)Cc2cccc(C(=O)N(CC)CC)n2)n1. The lowest BCUT2D eigenvalue weighted by atomic mass is 10.2. The summed E-state index contributed by atoms with van der Waals surface area (Å²) in [6, 6.07) is 16.4. The molecule has 230 valence electrons. The van der Waals surface area contributed by atoms with Crippen LogP contribution in [0.5, 0.6) is 0 Å². The molecule has 3 aromatic heterocycles. The smallest absolute Gasteiger partial charge is 0.272 e. The summed E-state index contributed by atoms with van der Waals surface area (Å²) in [6.45, 7) is 16.6. The van der Waals surface area contributed by atoms with Crippen molar-refractivity contribution in [1.82, 2.24) is 34.6 Å². The van der Waals surface area contributed by atoms with E-state index in [1.54, 1.807) is 32.9 Å². The Morgan fingerprint density at radius 3 is 0.953 bits per heavy atom. The molecule has 0 radical (unpaired) electrons. The molecule has 0 saturated heterocycles. The number of nitrogens with zero attached hydrogens (tertiary/aromatic N) is 7. The molecule has 0 spiro atoms. The van der Waals surface area contributed by atoms with Gasteiger partial charge in [0.05, 0.1) is 17.1 Å². The highest BCUT2D eigenvalue weighted by Gasteiger charge is 2.19. The van der Waals surface area contributed by atoms with Gasteiger partial charge in [-0.25, -0.2) is 15.0 Å². The van der Waals surface area contributed by atoms with E-state index >= 15 is 0 Å². The summed E-state index contributed by atoms with van der Waals surface area (Å²) in [7, 11) is 0. The third-order valence-electron chi connectivity index (χ3n) is 7.39. The molecule has 0 aliphatic carbocycles. The zero-order valence-electron chi connectivity index (χ0n) is 26.4. The van der Waals surface area contributed by atoms with E-state index in [4.69, 9.17) is 15.0 Å². The van der Waals surface area contributed by atoms with Crippen LogP contribution in [0.4, 0.5) is 0 Å². The van der Waals surface area contributed by atoms with Gasteiger partial charge in [-0.15, -0.1) is 0 Å². The number of rotatable bonds is 15. The van der Waals surface area contributed by atoms with E-state index in [-0.39, 0.29) is 17.7 Å². The minimum absolute atomic E-state index is 0.105. The van der Waals surface area contributed by atoms with Crippen LogP contribution < -0.4 is 0 Å². The molecule has 3 rings (SSSR count). The lowest BCUT2D eigenvalue weighted by Gasteiger charge is -2.23. The number of carbonyl (C=O) groups is 3. The first kappa shape index (κ1) is 33.3. The summed E-state index contributed by atoms with van der Waals surface area (Å²) in [4.78, 5) is 60.4. The fraction of sp³-hybridized carbons (Fsp3) is 0.455. The molecule has 0 aromatic carbocycles. The Kier molecular flexibility index (Phi) is 12.8. The Morgan fingerprint density at radius 1 is 0.465 bits per heavy atom. The molecule has 3 heterocycles. The lowest BCUT2D eigenvalue weighted by molar-refractivity contribution is 0.0759. The first-order valence-corrected chi connectivity index (χ1v) is 15.3. The van der Waals surface area contributed by atoms with Crippen molar-refractivity contribution >= 4 is 17.7 Å². The summed E-state index contributed by atoms with van der Waals surface area (Å²) in [6.07, 6.45) is 0. The van der Waals surface area contributed by atoms with Crippen LogP contribution in [0.15, 0.2) is 54.6 Å². The summed E-state index contributed by atoms with van der Waals surface area (Å²) in [5.41, 5.74) is 3.37. The van der Waals surface area contributed by atoms with Gasteiger partial charge in [0.1, 0.15) is 17.1 Å². The Morgan fingerprint density at radius 2 is 0.721 bits per heavy atom. The second-order valence-corrected chi connectivity index (χ2v) is 10.1. The topological polar surface area (TPSA) is 103 Å².